The van der Waals surface area contributed by atoms with Crippen LogP contribution in [0.1, 0.15) is 59.1 Å². The maximum Gasteiger partial charge on any atom is 0.307 e. The quantitative estimate of drug-likeness (QED) is 0.129. The first-order valence-electron chi connectivity index (χ1n) is 21.7. The Kier molecular flexibility index (Phi) is 9.01. The van der Waals surface area contributed by atoms with Crippen LogP contribution >= 0.6 is 0 Å². The zero-order chi connectivity index (χ0) is 38.7. The standard InChI is InChI=1S/C46H60N4O6/c1-24-9-26(15-33(42(51)52)30-3-6-47-18-30)13-28(11-24)21-50(22-29-12-25(2)10-27(14-29)16-34(43(53)54)31-4-7-48-19-31)23-46-39-36-38-37(39)41(46)45(38,40(36)46)17-35(44(55)56)32-5-8-49-20-32/h9-14,30-41,47-49H,3-8,15-23H2,1-2H3,(H,51,52)(H,53,54)(H,55,56)/t30-,31-,32-,33-,34-,35+,36?,37?,38?,39?,40?,41?,45?,46?/m0/s1. The van der Waals surface area contributed by atoms with Crippen molar-refractivity contribution in [3.05, 3.63) is 69.8 Å². The predicted octanol–water partition coefficient (Wildman–Crippen LogP) is 4.45. The number of nitrogens with one attached hydrogen (secondary N) is 3. The van der Waals surface area contributed by atoms with Crippen LogP contribution in [0.15, 0.2) is 36.4 Å². The second kappa shape index (κ2) is 13.6. The van der Waals surface area contributed by atoms with Gasteiger partial charge in [-0.1, -0.05) is 47.5 Å². The molecule has 0 aromatic heterocycles. The molecule has 10 atom stereocenters. The van der Waals surface area contributed by atoms with Gasteiger partial charge in [-0.05, 0) is 178 Å². The summed E-state index contributed by atoms with van der Waals surface area (Å²) in [6, 6.07) is 13.4. The average Bonchev–Trinajstić information content (AvgIpc) is 3.96. The first-order valence-corrected chi connectivity index (χ1v) is 21.7. The number of carbonyl (C=O) groups is 3. The van der Waals surface area contributed by atoms with Crippen LogP contribution in [0.2, 0.25) is 0 Å². The van der Waals surface area contributed by atoms with Crippen LogP contribution in [-0.2, 0) is 40.3 Å². The van der Waals surface area contributed by atoms with Crippen molar-refractivity contribution in [1.29, 1.82) is 0 Å². The van der Waals surface area contributed by atoms with Gasteiger partial charge in [-0.25, -0.2) is 0 Å². The Balaban J connectivity index is 0.924. The SMILES string of the molecule is Cc1cc(C[C@H](C(=O)O)[C@H]2CCNC2)cc(CN(Cc2cc(C)cc(C[C@H](C(=O)O)[C@H]3CCNC3)c2)CC23C4C5C6C4C2C6(C[C@@H](C(=O)O)[C@H]2CCNC2)C53)c1. The Morgan fingerprint density at radius 3 is 1.45 bits per heavy atom. The van der Waals surface area contributed by atoms with Crippen LogP contribution in [0.3, 0.4) is 0 Å². The molecule has 300 valence electrons. The molecule has 2 aromatic carbocycles. The highest BCUT2D eigenvalue weighted by molar-refractivity contribution is 5.72. The van der Waals surface area contributed by atoms with Gasteiger partial charge in [-0.3, -0.25) is 19.3 Å². The van der Waals surface area contributed by atoms with Crippen molar-refractivity contribution in [3.8, 4) is 0 Å². The second-order valence-electron chi connectivity index (χ2n) is 19.9. The van der Waals surface area contributed by atoms with E-state index < -0.39 is 29.7 Å². The number of hydrogen-bond donors (Lipinski definition) is 6. The predicted molar refractivity (Wildman–Crippen MR) is 211 cm³/mol. The summed E-state index contributed by atoms with van der Waals surface area (Å²) in [5.41, 5.74) is 7.46. The topological polar surface area (TPSA) is 151 Å². The molecule has 3 saturated heterocycles. The molecule has 3 heterocycles. The Bertz CT molecular complexity index is 1810. The zero-order valence-electron chi connectivity index (χ0n) is 33.0. The van der Waals surface area contributed by atoms with Crippen molar-refractivity contribution in [2.75, 3.05) is 45.8 Å². The van der Waals surface area contributed by atoms with Crippen LogP contribution in [0.25, 0.3) is 0 Å². The molecule has 9 aliphatic rings. The average molecular weight is 765 g/mol. The van der Waals surface area contributed by atoms with E-state index in [4.69, 9.17) is 0 Å². The third-order valence-electron chi connectivity index (χ3n) is 17.1. The van der Waals surface area contributed by atoms with Gasteiger partial charge >= 0.3 is 17.9 Å². The minimum atomic E-state index is -0.712. The minimum Gasteiger partial charge on any atom is -0.481 e. The summed E-state index contributed by atoms with van der Waals surface area (Å²) in [5, 5.41) is 41.1. The van der Waals surface area contributed by atoms with Crippen molar-refractivity contribution < 1.29 is 29.7 Å². The number of carboxylic acid groups (broad SMARTS) is 3. The van der Waals surface area contributed by atoms with Crippen LogP contribution in [0.5, 0.6) is 0 Å². The van der Waals surface area contributed by atoms with E-state index in [1.165, 1.54) is 11.1 Å². The number of nitrogens with zero attached hydrogens (tertiary/aromatic N) is 1. The third kappa shape index (κ3) is 5.44. The molecule has 0 bridgehead atoms. The van der Waals surface area contributed by atoms with E-state index in [2.05, 4.69) is 71.1 Å². The lowest BCUT2D eigenvalue weighted by atomic mass is 8.91. The highest BCUT2D eigenvalue weighted by Gasteiger charge is 3.09. The zero-order valence-corrected chi connectivity index (χ0v) is 33.0. The van der Waals surface area contributed by atoms with Crippen molar-refractivity contribution in [2.24, 2.45) is 81.8 Å². The normalized spacial score (nSPS) is 38.1. The molecule has 2 aromatic rings. The molecule has 0 spiro atoms. The molecule has 0 radical (unpaired) electrons. The van der Waals surface area contributed by atoms with E-state index in [-0.39, 0.29) is 34.5 Å². The molecule has 4 unspecified atom stereocenters. The number of carboxylic acids is 3. The van der Waals surface area contributed by atoms with Crippen molar-refractivity contribution in [1.82, 2.24) is 20.9 Å². The van der Waals surface area contributed by atoms with Gasteiger partial charge in [0, 0.05) is 19.6 Å². The summed E-state index contributed by atoms with van der Waals surface area (Å²) in [6.07, 6.45) is 4.68. The van der Waals surface area contributed by atoms with Gasteiger partial charge in [-0.15, -0.1) is 0 Å². The molecule has 9 fully saturated rings. The smallest absolute Gasteiger partial charge is 0.307 e. The lowest BCUT2D eigenvalue weighted by molar-refractivity contribution is -0.661. The highest BCUT2D eigenvalue weighted by atomic mass is 16.4. The first kappa shape index (κ1) is 37.0. The fraction of sp³-hybridized carbons (Fsp3) is 0.674. The molecule has 6 aliphatic carbocycles. The van der Waals surface area contributed by atoms with Gasteiger partial charge < -0.3 is 31.3 Å². The van der Waals surface area contributed by atoms with Gasteiger partial charge in [0.15, 0.2) is 0 Å². The van der Waals surface area contributed by atoms with E-state index in [1.54, 1.807) is 0 Å². The van der Waals surface area contributed by atoms with Crippen LogP contribution in [-0.4, -0.2) is 83.9 Å². The van der Waals surface area contributed by atoms with E-state index in [9.17, 15) is 29.7 Å². The number of benzene rings is 2. The summed E-state index contributed by atoms with van der Waals surface area (Å²) in [5.74, 6) is 1.88. The molecule has 10 heteroatoms. The van der Waals surface area contributed by atoms with Crippen molar-refractivity contribution in [2.45, 2.75) is 65.5 Å². The largest absolute Gasteiger partial charge is 0.481 e. The van der Waals surface area contributed by atoms with E-state index in [0.29, 0.717) is 24.7 Å². The van der Waals surface area contributed by atoms with Gasteiger partial charge in [0.2, 0.25) is 0 Å². The van der Waals surface area contributed by atoms with Gasteiger partial charge in [0.05, 0.1) is 17.8 Å². The fourth-order valence-corrected chi connectivity index (χ4v) is 15.6. The summed E-state index contributed by atoms with van der Waals surface area (Å²) >= 11 is 0. The number of aryl methyl sites for hydroxylation is 2. The Labute approximate surface area is 330 Å². The third-order valence-corrected chi connectivity index (χ3v) is 17.1. The van der Waals surface area contributed by atoms with Crippen LogP contribution in [0.4, 0.5) is 0 Å². The Hall–Kier alpha value is -3.31. The minimum absolute atomic E-state index is 0.140. The number of rotatable bonds is 18. The monoisotopic (exact) mass is 764 g/mol. The molecule has 6 saturated carbocycles. The summed E-state index contributed by atoms with van der Waals surface area (Å²) < 4.78 is 0. The Morgan fingerprint density at radius 2 is 1.04 bits per heavy atom. The molecule has 6 N–H and O–H groups in total. The van der Waals surface area contributed by atoms with Gasteiger partial charge in [0.25, 0.3) is 0 Å². The van der Waals surface area contributed by atoms with Crippen molar-refractivity contribution >= 4 is 17.9 Å². The molecule has 11 rings (SSSR count). The molecule has 56 heavy (non-hydrogen) atoms. The molecule has 3 aliphatic heterocycles. The van der Waals surface area contributed by atoms with Crippen LogP contribution in [0, 0.1) is 95.7 Å². The van der Waals surface area contributed by atoms with E-state index >= 15 is 0 Å². The number of hydrogen-bond acceptors (Lipinski definition) is 7. The molecular weight excluding hydrogens is 705 g/mol. The first-order chi connectivity index (χ1) is 27.0. The summed E-state index contributed by atoms with van der Waals surface area (Å²) in [7, 11) is 0. The van der Waals surface area contributed by atoms with Crippen molar-refractivity contribution in [3.63, 3.8) is 0 Å². The second-order valence-corrected chi connectivity index (χ2v) is 19.9. The maximum absolute atomic E-state index is 12.7. The highest BCUT2D eigenvalue weighted by Crippen LogP contribution is 3.11. The summed E-state index contributed by atoms with van der Waals surface area (Å²) in [4.78, 5) is 40.3. The number of aliphatic carboxylic acids is 3. The summed E-state index contributed by atoms with van der Waals surface area (Å²) in [6.45, 7) is 11.8. The molecule has 0 amide bonds. The lowest BCUT2D eigenvalue weighted by Gasteiger charge is -3.12. The van der Waals surface area contributed by atoms with E-state index in [0.717, 1.165) is 131 Å². The lowest BCUT2D eigenvalue weighted by Crippen LogP contribution is -3.10. The molecule has 10 nitrogen and oxygen atoms in total. The van der Waals surface area contributed by atoms with E-state index in [1.807, 2.05) is 0 Å². The van der Waals surface area contributed by atoms with Gasteiger partial charge in [0.1, 0.15) is 0 Å². The fourth-order valence-electron chi connectivity index (χ4n) is 15.6. The van der Waals surface area contributed by atoms with Crippen LogP contribution < -0.4 is 16.0 Å². The molecular formula is C46H60N4O6. The van der Waals surface area contributed by atoms with Gasteiger partial charge in [-0.2, -0.15) is 0 Å². The Morgan fingerprint density at radius 1 is 0.625 bits per heavy atom. The maximum atomic E-state index is 12.7.